The Morgan fingerprint density at radius 1 is 1.03 bits per heavy atom. The molecule has 0 saturated carbocycles. The summed E-state index contributed by atoms with van der Waals surface area (Å²) in [6, 6.07) is 14.8. The van der Waals surface area contributed by atoms with Crippen LogP contribution in [0.5, 0.6) is 0 Å². The second kappa shape index (κ2) is 8.86. The van der Waals surface area contributed by atoms with E-state index in [9.17, 15) is 19.5 Å². The Labute approximate surface area is 191 Å². The SMILES string of the molecule is O=C(NC1COCC1C(=O)N1CCCC1C(=O)O)OCC1c2ccccc2-c2ccccc21. The summed E-state index contributed by atoms with van der Waals surface area (Å²) in [5, 5.41) is 12.2. The maximum Gasteiger partial charge on any atom is 0.407 e. The number of carbonyl (C=O) groups is 3. The fourth-order valence-corrected chi connectivity index (χ4v) is 5.23. The third-order valence-electron chi connectivity index (χ3n) is 6.87. The van der Waals surface area contributed by atoms with Gasteiger partial charge in [-0.15, -0.1) is 0 Å². The van der Waals surface area contributed by atoms with Gasteiger partial charge < -0.3 is 24.8 Å². The fourth-order valence-electron chi connectivity index (χ4n) is 5.23. The molecule has 8 heteroatoms. The van der Waals surface area contributed by atoms with Gasteiger partial charge >= 0.3 is 12.1 Å². The molecule has 0 spiro atoms. The van der Waals surface area contributed by atoms with Crippen LogP contribution in [0.25, 0.3) is 11.1 Å². The average Bonchev–Trinajstić information content (AvgIpc) is 3.55. The van der Waals surface area contributed by atoms with Crippen LogP contribution in [0.4, 0.5) is 4.79 Å². The van der Waals surface area contributed by atoms with E-state index in [4.69, 9.17) is 9.47 Å². The largest absolute Gasteiger partial charge is 0.480 e. The van der Waals surface area contributed by atoms with E-state index in [2.05, 4.69) is 29.6 Å². The predicted octanol–water partition coefficient (Wildman–Crippen LogP) is 2.62. The number of carboxylic acid groups (broad SMARTS) is 1. The van der Waals surface area contributed by atoms with Crippen molar-refractivity contribution in [3.63, 3.8) is 0 Å². The molecule has 2 N–H and O–H groups in total. The summed E-state index contributed by atoms with van der Waals surface area (Å²) in [5.74, 6) is -1.96. The normalized spacial score (nSPS) is 23.8. The van der Waals surface area contributed by atoms with E-state index in [1.54, 1.807) is 0 Å². The number of alkyl carbamates (subject to hydrolysis) is 1. The van der Waals surface area contributed by atoms with Gasteiger partial charge in [-0.3, -0.25) is 4.79 Å². The number of nitrogens with zero attached hydrogens (tertiary/aromatic N) is 1. The molecule has 3 aliphatic rings. The first-order chi connectivity index (χ1) is 16.0. The van der Waals surface area contributed by atoms with Gasteiger partial charge in [0, 0.05) is 12.5 Å². The summed E-state index contributed by atoms with van der Waals surface area (Å²) in [5.41, 5.74) is 4.54. The van der Waals surface area contributed by atoms with Gasteiger partial charge in [0.05, 0.1) is 25.2 Å². The number of nitrogens with one attached hydrogen (secondary N) is 1. The van der Waals surface area contributed by atoms with Crippen molar-refractivity contribution in [1.29, 1.82) is 0 Å². The van der Waals surface area contributed by atoms with Crippen LogP contribution < -0.4 is 5.32 Å². The lowest BCUT2D eigenvalue weighted by Crippen LogP contribution is -2.50. The van der Waals surface area contributed by atoms with Gasteiger partial charge in [-0.2, -0.15) is 0 Å². The molecule has 0 bridgehead atoms. The Morgan fingerprint density at radius 2 is 1.70 bits per heavy atom. The van der Waals surface area contributed by atoms with Crippen LogP contribution in [0, 0.1) is 5.92 Å². The maximum absolute atomic E-state index is 13.0. The minimum atomic E-state index is -0.999. The molecule has 0 aromatic heterocycles. The van der Waals surface area contributed by atoms with Crippen molar-refractivity contribution in [3.05, 3.63) is 59.7 Å². The van der Waals surface area contributed by atoms with Crippen molar-refractivity contribution in [2.45, 2.75) is 30.8 Å². The Morgan fingerprint density at radius 3 is 2.36 bits per heavy atom. The Kier molecular flexibility index (Phi) is 5.76. The molecule has 2 aromatic rings. The summed E-state index contributed by atoms with van der Waals surface area (Å²) in [7, 11) is 0. The molecule has 2 aliphatic heterocycles. The Balaban J connectivity index is 1.23. The van der Waals surface area contributed by atoms with E-state index in [0.717, 1.165) is 22.3 Å². The van der Waals surface area contributed by atoms with Crippen molar-refractivity contribution in [2.24, 2.45) is 5.92 Å². The minimum Gasteiger partial charge on any atom is -0.480 e. The minimum absolute atomic E-state index is 0.0543. The van der Waals surface area contributed by atoms with E-state index in [1.807, 2.05) is 24.3 Å². The highest BCUT2D eigenvalue weighted by molar-refractivity contribution is 5.87. The van der Waals surface area contributed by atoms with Crippen LogP contribution in [0.3, 0.4) is 0 Å². The molecular weight excluding hydrogens is 424 g/mol. The Hall–Kier alpha value is -3.39. The maximum atomic E-state index is 13.0. The first-order valence-corrected chi connectivity index (χ1v) is 11.3. The second-order valence-electron chi connectivity index (χ2n) is 8.75. The number of fused-ring (bicyclic) bond motifs is 3. The number of carboxylic acids is 1. The molecule has 2 saturated heterocycles. The van der Waals surface area contributed by atoms with Crippen LogP contribution in [0.2, 0.25) is 0 Å². The molecule has 2 aromatic carbocycles. The van der Waals surface area contributed by atoms with Crippen molar-refractivity contribution in [2.75, 3.05) is 26.4 Å². The average molecular weight is 450 g/mol. The number of hydrogen-bond acceptors (Lipinski definition) is 5. The molecule has 3 atom stereocenters. The quantitative estimate of drug-likeness (QED) is 0.726. The van der Waals surface area contributed by atoms with E-state index < -0.39 is 30.1 Å². The Bertz CT molecular complexity index is 1040. The van der Waals surface area contributed by atoms with Gasteiger partial charge in [-0.25, -0.2) is 9.59 Å². The van der Waals surface area contributed by atoms with Gasteiger partial charge in [-0.1, -0.05) is 48.5 Å². The van der Waals surface area contributed by atoms with Crippen molar-refractivity contribution in [3.8, 4) is 11.1 Å². The van der Waals surface area contributed by atoms with Gasteiger partial charge in [-0.05, 0) is 35.1 Å². The van der Waals surface area contributed by atoms with E-state index in [0.29, 0.717) is 19.4 Å². The number of rotatable bonds is 5. The van der Waals surface area contributed by atoms with Crippen molar-refractivity contribution >= 4 is 18.0 Å². The number of benzene rings is 2. The molecule has 1 aliphatic carbocycles. The molecule has 33 heavy (non-hydrogen) atoms. The zero-order valence-electron chi connectivity index (χ0n) is 18.1. The topological polar surface area (TPSA) is 105 Å². The molecule has 172 valence electrons. The van der Waals surface area contributed by atoms with Gasteiger partial charge in [0.15, 0.2) is 0 Å². The monoisotopic (exact) mass is 450 g/mol. The van der Waals surface area contributed by atoms with Crippen molar-refractivity contribution < 1.29 is 29.0 Å². The van der Waals surface area contributed by atoms with E-state index >= 15 is 0 Å². The first kappa shape index (κ1) is 21.5. The summed E-state index contributed by atoms with van der Waals surface area (Å²) >= 11 is 0. The molecule has 2 fully saturated rings. The van der Waals surface area contributed by atoms with E-state index in [1.165, 1.54) is 4.90 Å². The van der Waals surface area contributed by atoms with Crippen LogP contribution in [0.15, 0.2) is 48.5 Å². The van der Waals surface area contributed by atoms with Crippen molar-refractivity contribution in [1.82, 2.24) is 10.2 Å². The smallest absolute Gasteiger partial charge is 0.407 e. The number of amides is 2. The molecule has 5 rings (SSSR count). The number of aliphatic carboxylic acids is 1. The third kappa shape index (κ3) is 3.95. The molecule has 2 heterocycles. The standard InChI is InChI=1S/C25H26N2O6/c28-23(27-11-5-10-22(27)24(29)30)20-12-32-14-21(20)26-25(31)33-13-19-17-8-3-1-6-15(17)16-7-2-4-9-18(16)19/h1-4,6-9,19-22H,5,10-14H2,(H,26,31)(H,29,30). The highest BCUT2D eigenvalue weighted by atomic mass is 16.5. The molecule has 2 amide bonds. The van der Waals surface area contributed by atoms with E-state index in [-0.39, 0.29) is 31.6 Å². The van der Waals surface area contributed by atoms with Crippen LogP contribution in [-0.4, -0.2) is 66.4 Å². The predicted molar refractivity (Wildman–Crippen MR) is 119 cm³/mol. The lowest BCUT2D eigenvalue weighted by atomic mass is 9.98. The third-order valence-corrected chi connectivity index (χ3v) is 6.87. The van der Waals surface area contributed by atoms with Gasteiger partial charge in [0.25, 0.3) is 0 Å². The van der Waals surface area contributed by atoms with Gasteiger partial charge in [0.2, 0.25) is 5.91 Å². The van der Waals surface area contributed by atoms with Crippen LogP contribution >= 0.6 is 0 Å². The number of hydrogen-bond donors (Lipinski definition) is 2. The second-order valence-corrected chi connectivity index (χ2v) is 8.75. The number of likely N-dealkylation sites (tertiary alicyclic amines) is 1. The summed E-state index contributed by atoms with van der Waals surface area (Å²) in [6.07, 6.45) is 0.487. The lowest BCUT2D eigenvalue weighted by Gasteiger charge is -2.27. The molecule has 3 unspecified atom stereocenters. The summed E-state index contributed by atoms with van der Waals surface area (Å²) in [6.45, 7) is 0.922. The highest BCUT2D eigenvalue weighted by Crippen LogP contribution is 2.44. The molecule has 0 radical (unpaired) electrons. The summed E-state index contributed by atoms with van der Waals surface area (Å²) < 4.78 is 11.0. The molecular formula is C25H26N2O6. The zero-order valence-corrected chi connectivity index (χ0v) is 18.1. The first-order valence-electron chi connectivity index (χ1n) is 11.3. The molecule has 8 nitrogen and oxygen atoms in total. The van der Waals surface area contributed by atoms with Gasteiger partial charge in [0.1, 0.15) is 12.6 Å². The number of carbonyl (C=O) groups excluding carboxylic acids is 2. The van der Waals surface area contributed by atoms with Crippen LogP contribution in [-0.2, 0) is 19.1 Å². The lowest BCUT2D eigenvalue weighted by molar-refractivity contribution is -0.150. The highest BCUT2D eigenvalue weighted by Gasteiger charge is 2.43. The zero-order chi connectivity index (χ0) is 22.9. The van der Waals surface area contributed by atoms with Crippen LogP contribution in [0.1, 0.15) is 29.9 Å². The fraction of sp³-hybridized carbons (Fsp3) is 0.400. The summed E-state index contributed by atoms with van der Waals surface area (Å²) in [4.78, 5) is 38.5. The number of ether oxygens (including phenoxy) is 2.